The summed E-state index contributed by atoms with van der Waals surface area (Å²) in [6.45, 7) is 3.82. The topological polar surface area (TPSA) is 41.9 Å². The van der Waals surface area contributed by atoms with E-state index < -0.39 is 0 Å². The molecule has 0 spiro atoms. The lowest BCUT2D eigenvalue weighted by Crippen LogP contribution is -2.38. The predicted molar refractivity (Wildman–Crippen MR) is 136 cm³/mol. The number of phenolic OH excluding ortho intramolecular Hbond substituents is 1. The van der Waals surface area contributed by atoms with Crippen molar-refractivity contribution in [3.05, 3.63) is 95.1 Å². The second-order valence-electron chi connectivity index (χ2n) is 9.61. The average molecular weight is 458 g/mol. The molecule has 0 saturated carbocycles. The Kier molecular flexibility index (Phi) is 7.17. The third-order valence-electron chi connectivity index (χ3n) is 7.60. The number of methoxy groups -OCH3 is 1. The molecule has 1 fully saturated rings. The van der Waals surface area contributed by atoms with E-state index in [0.29, 0.717) is 24.4 Å². The normalized spacial score (nSPS) is 21.2. The summed E-state index contributed by atoms with van der Waals surface area (Å²) in [5.41, 5.74) is 5.26. The first-order valence-corrected chi connectivity index (χ1v) is 12.6. The van der Waals surface area contributed by atoms with Gasteiger partial charge in [0.2, 0.25) is 0 Å². The fraction of sp³-hybridized carbons (Fsp3) is 0.400. The predicted octanol–water partition coefficient (Wildman–Crippen LogP) is 5.74. The fourth-order valence-corrected chi connectivity index (χ4v) is 5.71. The van der Waals surface area contributed by atoms with Crippen molar-refractivity contribution in [3.8, 4) is 11.5 Å². The fourth-order valence-electron chi connectivity index (χ4n) is 5.71. The highest BCUT2D eigenvalue weighted by Crippen LogP contribution is 2.47. The van der Waals surface area contributed by atoms with Crippen LogP contribution in [0.2, 0.25) is 0 Å². The van der Waals surface area contributed by atoms with Crippen molar-refractivity contribution in [1.29, 1.82) is 0 Å². The van der Waals surface area contributed by atoms with Crippen LogP contribution in [0.15, 0.2) is 72.8 Å². The van der Waals surface area contributed by atoms with Crippen molar-refractivity contribution >= 4 is 0 Å². The van der Waals surface area contributed by atoms with Gasteiger partial charge in [-0.05, 0) is 78.1 Å². The van der Waals surface area contributed by atoms with Crippen LogP contribution in [0.1, 0.15) is 53.4 Å². The van der Waals surface area contributed by atoms with Gasteiger partial charge in [-0.2, -0.15) is 0 Å². The smallest absolute Gasteiger partial charge is 0.119 e. The summed E-state index contributed by atoms with van der Waals surface area (Å²) in [6, 6.07) is 25.4. The molecule has 3 aromatic rings. The first-order valence-electron chi connectivity index (χ1n) is 12.6. The van der Waals surface area contributed by atoms with E-state index in [0.717, 1.165) is 51.1 Å². The van der Waals surface area contributed by atoms with Crippen LogP contribution in [0, 0.1) is 0 Å². The minimum Gasteiger partial charge on any atom is -0.508 e. The van der Waals surface area contributed by atoms with E-state index in [9.17, 15) is 5.11 Å². The summed E-state index contributed by atoms with van der Waals surface area (Å²) in [6.07, 6.45) is 4.69. The SMILES string of the molecule is COC1CCN(CCOc2ccc([C@@H]3c4ccc(O)cc4CC[C@@H]3c3ccccc3)cc2)CC1. The first kappa shape index (κ1) is 22.9. The Morgan fingerprint density at radius 1 is 0.882 bits per heavy atom. The Morgan fingerprint density at radius 2 is 1.65 bits per heavy atom. The molecule has 0 amide bonds. The van der Waals surface area contributed by atoms with E-state index >= 15 is 0 Å². The zero-order valence-corrected chi connectivity index (χ0v) is 20.0. The number of aryl methyl sites for hydroxylation is 1. The maximum Gasteiger partial charge on any atom is 0.119 e. The second-order valence-corrected chi connectivity index (χ2v) is 9.61. The molecule has 2 atom stereocenters. The lowest BCUT2D eigenvalue weighted by atomic mass is 9.69. The molecule has 178 valence electrons. The Morgan fingerprint density at radius 3 is 2.38 bits per heavy atom. The number of benzene rings is 3. The maximum absolute atomic E-state index is 10.0. The molecule has 34 heavy (non-hydrogen) atoms. The Labute approximate surface area is 203 Å². The van der Waals surface area contributed by atoms with Gasteiger partial charge in [0.05, 0.1) is 6.10 Å². The third kappa shape index (κ3) is 5.13. The molecule has 4 nitrogen and oxygen atoms in total. The second kappa shape index (κ2) is 10.6. The third-order valence-corrected chi connectivity index (χ3v) is 7.60. The van der Waals surface area contributed by atoms with Crippen LogP contribution in [0.25, 0.3) is 0 Å². The van der Waals surface area contributed by atoms with Crippen LogP contribution >= 0.6 is 0 Å². The molecule has 1 N–H and O–H groups in total. The molecule has 0 aromatic heterocycles. The average Bonchev–Trinajstić information content (AvgIpc) is 2.89. The number of fused-ring (bicyclic) bond motifs is 1. The summed E-state index contributed by atoms with van der Waals surface area (Å²) in [5, 5.41) is 10.0. The highest BCUT2D eigenvalue weighted by molar-refractivity contribution is 5.48. The molecule has 5 rings (SSSR count). The zero-order valence-electron chi connectivity index (χ0n) is 20.0. The van der Waals surface area contributed by atoms with E-state index in [1.54, 1.807) is 0 Å². The van der Waals surface area contributed by atoms with Gasteiger partial charge in [0.25, 0.3) is 0 Å². The number of piperidine rings is 1. The monoisotopic (exact) mass is 457 g/mol. The molecule has 0 bridgehead atoms. The Hall–Kier alpha value is -2.82. The summed E-state index contributed by atoms with van der Waals surface area (Å²) in [7, 11) is 1.81. The lowest BCUT2D eigenvalue weighted by Gasteiger charge is -2.35. The number of likely N-dealkylation sites (tertiary alicyclic amines) is 1. The summed E-state index contributed by atoms with van der Waals surface area (Å²) in [4.78, 5) is 2.46. The molecule has 0 radical (unpaired) electrons. The molecular formula is C30H35NO3. The van der Waals surface area contributed by atoms with Crippen LogP contribution in [-0.2, 0) is 11.2 Å². The molecule has 1 heterocycles. The van der Waals surface area contributed by atoms with Gasteiger partial charge in [-0.15, -0.1) is 0 Å². The molecule has 4 heteroatoms. The van der Waals surface area contributed by atoms with Crippen LogP contribution < -0.4 is 4.74 Å². The standard InChI is InChI=1S/C30H35NO3/c1-33-26-15-17-31(18-16-26)19-20-34-27-11-7-23(8-12-27)30-28(22-5-3-2-4-6-22)13-9-24-21-25(32)10-14-29(24)30/h2-8,10-12,14,21,26,28,30,32H,9,13,15-20H2,1H3/t28-,30+/m1/s1. The Balaban J connectivity index is 1.29. The van der Waals surface area contributed by atoms with Crippen molar-refractivity contribution in [2.75, 3.05) is 33.4 Å². The van der Waals surface area contributed by atoms with Gasteiger partial charge in [-0.3, -0.25) is 4.90 Å². The van der Waals surface area contributed by atoms with Gasteiger partial charge in [0, 0.05) is 32.7 Å². The van der Waals surface area contributed by atoms with Crippen LogP contribution in [0.5, 0.6) is 11.5 Å². The van der Waals surface area contributed by atoms with Gasteiger partial charge in [-0.25, -0.2) is 0 Å². The van der Waals surface area contributed by atoms with Crippen molar-refractivity contribution in [1.82, 2.24) is 4.90 Å². The van der Waals surface area contributed by atoms with Crippen LogP contribution in [-0.4, -0.2) is 49.5 Å². The number of aromatic hydroxyl groups is 1. The van der Waals surface area contributed by atoms with Crippen LogP contribution in [0.4, 0.5) is 0 Å². The minimum atomic E-state index is 0.267. The number of rotatable bonds is 7. The van der Waals surface area contributed by atoms with Crippen LogP contribution in [0.3, 0.4) is 0 Å². The quantitative estimate of drug-likeness (QED) is 0.491. The van der Waals surface area contributed by atoms with Crippen molar-refractivity contribution in [2.45, 2.75) is 43.6 Å². The molecule has 1 aliphatic heterocycles. The molecule has 1 saturated heterocycles. The van der Waals surface area contributed by atoms with E-state index in [-0.39, 0.29) is 5.92 Å². The molecular weight excluding hydrogens is 422 g/mol. The number of hydrogen-bond acceptors (Lipinski definition) is 4. The van der Waals surface area contributed by atoms with Gasteiger partial charge in [-0.1, -0.05) is 48.5 Å². The molecule has 0 unspecified atom stereocenters. The van der Waals surface area contributed by atoms with Gasteiger partial charge in [0.15, 0.2) is 0 Å². The van der Waals surface area contributed by atoms with Crippen molar-refractivity contribution < 1.29 is 14.6 Å². The molecule has 1 aliphatic carbocycles. The van der Waals surface area contributed by atoms with E-state index in [4.69, 9.17) is 9.47 Å². The van der Waals surface area contributed by atoms with Crippen molar-refractivity contribution in [2.24, 2.45) is 0 Å². The largest absolute Gasteiger partial charge is 0.508 e. The summed E-state index contributed by atoms with van der Waals surface area (Å²) in [5.74, 6) is 1.96. The maximum atomic E-state index is 10.0. The molecule has 3 aromatic carbocycles. The number of ether oxygens (including phenoxy) is 2. The molecule has 2 aliphatic rings. The first-order chi connectivity index (χ1) is 16.7. The van der Waals surface area contributed by atoms with Crippen molar-refractivity contribution in [3.63, 3.8) is 0 Å². The zero-order chi connectivity index (χ0) is 23.3. The van der Waals surface area contributed by atoms with E-state index in [2.05, 4.69) is 65.6 Å². The summed E-state index contributed by atoms with van der Waals surface area (Å²) >= 11 is 0. The summed E-state index contributed by atoms with van der Waals surface area (Å²) < 4.78 is 11.6. The number of hydrogen-bond donors (Lipinski definition) is 1. The van der Waals surface area contributed by atoms with E-state index in [1.807, 2.05) is 19.2 Å². The number of nitrogens with zero attached hydrogens (tertiary/aromatic N) is 1. The minimum absolute atomic E-state index is 0.267. The van der Waals surface area contributed by atoms with Gasteiger partial charge >= 0.3 is 0 Å². The Bertz CT molecular complexity index is 1060. The van der Waals surface area contributed by atoms with E-state index in [1.165, 1.54) is 22.3 Å². The van der Waals surface area contributed by atoms with Gasteiger partial charge < -0.3 is 14.6 Å². The lowest BCUT2D eigenvalue weighted by molar-refractivity contribution is 0.0375. The van der Waals surface area contributed by atoms with Gasteiger partial charge in [0.1, 0.15) is 18.1 Å². The number of phenols is 1. The highest BCUT2D eigenvalue weighted by Gasteiger charge is 2.32. The highest BCUT2D eigenvalue weighted by atomic mass is 16.5.